The lowest BCUT2D eigenvalue weighted by atomic mass is 10.3. The fraction of sp³-hybridized carbons (Fsp3) is 0.308. The van der Waals surface area contributed by atoms with E-state index in [1.807, 2.05) is 17.6 Å². The van der Waals surface area contributed by atoms with Crippen molar-refractivity contribution in [3.8, 4) is 5.75 Å². The smallest absolute Gasteiger partial charge is 0.193 e. The maximum atomic E-state index is 6.04. The summed E-state index contributed by atoms with van der Waals surface area (Å²) >= 11 is 6.04. The molecule has 8 heteroatoms. The molecule has 1 aromatic carbocycles. The van der Waals surface area contributed by atoms with Gasteiger partial charge >= 0.3 is 0 Å². The number of hydrogen-bond acceptors (Lipinski definition) is 4. The topological polar surface area (TPSA) is 90.4 Å². The van der Waals surface area contributed by atoms with Crippen molar-refractivity contribution >= 4 is 23.2 Å². The first-order chi connectivity index (χ1) is 10.1. The van der Waals surface area contributed by atoms with Gasteiger partial charge in [0.05, 0.1) is 12.1 Å². The van der Waals surface area contributed by atoms with Crippen LogP contribution >= 0.6 is 11.6 Å². The summed E-state index contributed by atoms with van der Waals surface area (Å²) in [6.45, 7) is 3.16. The maximum absolute atomic E-state index is 6.04. The van der Waals surface area contributed by atoms with Crippen LogP contribution in [0, 0.1) is 0 Å². The van der Waals surface area contributed by atoms with Gasteiger partial charge in [0, 0.05) is 12.2 Å². The van der Waals surface area contributed by atoms with E-state index < -0.39 is 0 Å². The lowest BCUT2D eigenvalue weighted by molar-refractivity contribution is 0.415. The average Bonchev–Trinajstić information content (AvgIpc) is 2.93. The number of methoxy groups -OCH3 is 1. The van der Waals surface area contributed by atoms with Crippen molar-refractivity contribution < 1.29 is 4.74 Å². The number of aryl methyl sites for hydroxylation is 1. The second-order valence-corrected chi connectivity index (χ2v) is 4.62. The molecule has 0 unspecified atom stereocenters. The van der Waals surface area contributed by atoms with Crippen LogP contribution in [0.15, 0.2) is 29.5 Å². The van der Waals surface area contributed by atoms with Crippen LogP contribution in [0.1, 0.15) is 12.7 Å². The zero-order valence-electron chi connectivity index (χ0n) is 11.9. The Morgan fingerprint density at radius 2 is 2.33 bits per heavy atom. The normalized spacial score (nSPS) is 11.5. The Bertz CT molecular complexity index is 639. The average molecular weight is 309 g/mol. The lowest BCUT2D eigenvalue weighted by Crippen LogP contribution is -2.22. The van der Waals surface area contributed by atoms with Crippen LogP contribution in [0.2, 0.25) is 5.02 Å². The molecular formula is C13H17ClN6O. The standard InChI is InChI=1S/C13H17ClN6O/c1-3-20-8-17-19-12(20)7-16-13(15)18-9-4-5-11(21-2)10(14)6-9/h4-6,8H,3,7H2,1-2H3,(H3,15,16,18). The van der Waals surface area contributed by atoms with E-state index in [-0.39, 0.29) is 5.96 Å². The molecule has 21 heavy (non-hydrogen) atoms. The number of halogens is 1. The van der Waals surface area contributed by atoms with Gasteiger partial charge in [0.1, 0.15) is 18.6 Å². The van der Waals surface area contributed by atoms with E-state index in [1.165, 1.54) is 0 Å². The first-order valence-electron chi connectivity index (χ1n) is 6.41. The van der Waals surface area contributed by atoms with Gasteiger partial charge in [-0.25, -0.2) is 4.99 Å². The molecule has 0 aliphatic carbocycles. The molecule has 1 aromatic heterocycles. The van der Waals surface area contributed by atoms with Gasteiger partial charge < -0.3 is 20.4 Å². The third-order valence-corrected chi connectivity index (χ3v) is 3.15. The van der Waals surface area contributed by atoms with Gasteiger partial charge in [0.25, 0.3) is 0 Å². The number of nitrogens with two attached hydrogens (primary N) is 1. The van der Waals surface area contributed by atoms with Gasteiger partial charge in [-0.3, -0.25) is 0 Å². The maximum Gasteiger partial charge on any atom is 0.193 e. The fourth-order valence-corrected chi connectivity index (χ4v) is 2.01. The molecule has 0 saturated heterocycles. The molecule has 3 N–H and O–H groups in total. The minimum Gasteiger partial charge on any atom is -0.495 e. The number of nitrogens with zero attached hydrogens (tertiary/aromatic N) is 4. The van der Waals surface area contributed by atoms with Gasteiger partial charge in [0.15, 0.2) is 11.8 Å². The Hall–Kier alpha value is -2.28. The van der Waals surface area contributed by atoms with E-state index in [4.69, 9.17) is 22.1 Å². The highest BCUT2D eigenvalue weighted by Crippen LogP contribution is 2.26. The molecule has 0 aliphatic rings. The number of ether oxygens (including phenoxy) is 1. The summed E-state index contributed by atoms with van der Waals surface area (Å²) in [5, 5.41) is 11.3. The van der Waals surface area contributed by atoms with E-state index in [1.54, 1.807) is 25.6 Å². The van der Waals surface area contributed by atoms with E-state index in [9.17, 15) is 0 Å². The van der Waals surface area contributed by atoms with Crippen LogP contribution in [0.4, 0.5) is 5.69 Å². The van der Waals surface area contributed by atoms with E-state index in [2.05, 4.69) is 20.5 Å². The molecule has 2 rings (SSSR count). The second kappa shape index (κ2) is 6.94. The zero-order valence-corrected chi connectivity index (χ0v) is 12.6. The molecule has 2 aromatic rings. The van der Waals surface area contributed by atoms with Crippen molar-refractivity contribution in [2.45, 2.75) is 20.0 Å². The molecule has 0 aliphatic heterocycles. The van der Waals surface area contributed by atoms with Crippen molar-refractivity contribution in [3.63, 3.8) is 0 Å². The van der Waals surface area contributed by atoms with Crippen LogP contribution in [-0.2, 0) is 13.1 Å². The highest BCUT2D eigenvalue weighted by atomic mass is 35.5. The third kappa shape index (κ3) is 3.85. The van der Waals surface area contributed by atoms with Crippen molar-refractivity contribution in [2.24, 2.45) is 10.7 Å². The third-order valence-electron chi connectivity index (χ3n) is 2.85. The van der Waals surface area contributed by atoms with Crippen molar-refractivity contribution in [2.75, 3.05) is 12.4 Å². The summed E-state index contributed by atoms with van der Waals surface area (Å²) < 4.78 is 6.99. The van der Waals surface area contributed by atoms with E-state index in [0.717, 1.165) is 18.1 Å². The van der Waals surface area contributed by atoms with Crippen molar-refractivity contribution in [3.05, 3.63) is 35.4 Å². The molecule has 0 bridgehead atoms. The van der Waals surface area contributed by atoms with Crippen LogP contribution in [0.5, 0.6) is 5.75 Å². The van der Waals surface area contributed by atoms with Crippen LogP contribution < -0.4 is 15.8 Å². The van der Waals surface area contributed by atoms with Gasteiger partial charge in [-0.05, 0) is 25.1 Å². The molecule has 0 spiro atoms. The molecule has 0 saturated carbocycles. The van der Waals surface area contributed by atoms with E-state index >= 15 is 0 Å². The number of guanidine groups is 1. The predicted octanol–water partition coefficient (Wildman–Crippen LogP) is 1.89. The molecular weight excluding hydrogens is 292 g/mol. The number of nitrogens with one attached hydrogen (secondary N) is 1. The Kier molecular flexibility index (Phi) is 4.99. The van der Waals surface area contributed by atoms with Gasteiger partial charge in [0.2, 0.25) is 0 Å². The first-order valence-corrected chi connectivity index (χ1v) is 6.79. The van der Waals surface area contributed by atoms with Crippen LogP contribution in [0.3, 0.4) is 0 Å². The molecule has 0 amide bonds. The summed E-state index contributed by atoms with van der Waals surface area (Å²) in [6, 6.07) is 5.28. The molecule has 112 valence electrons. The zero-order chi connectivity index (χ0) is 15.2. The highest BCUT2D eigenvalue weighted by molar-refractivity contribution is 6.32. The lowest BCUT2D eigenvalue weighted by Gasteiger charge is -2.08. The Morgan fingerprint density at radius 1 is 1.52 bits per heavy atom. The number of aliphatic imine (C=N–C) groups is 1. The summed E-state index contributed by atoms with van der Waals surface area (Å²) in [5.41, 5.74) is 6.58. The van der Waals surface area contributed by atoms with Crippen molar-refractivity contribution in [1.82, 2.24) is 14.8 Å². The molecule has 0 radical (unpaired) electrons. The SMILES string of the molecule is CCn1cnnc1CN=C(N)Nc1ccc(OC)c(Cl)c1. The highest BCUT2D eigenvalue weighted by Gasteiger charge is 2.04. The van der Waals surface area contributed by atoms with Gasteiger partial charge in [-0.15, -0.1) is 10.2 Å². The minimum absolute atomic E-state index is 0.280. The molecule has 0 fully saturated rings. The molecule has 1 heterocycles. The number of rotatable bonds is 5. The van der Waals surface area contributed by atoms with E-state index in [0.29, 0.717) is 17.3 Å². The van der Waals surface area contributed by atoms with Crippen LogP contribution in [-0.4, -0.2) is 27.8 Å². The fourth-order valence-electron chi connectivity index (χ4n) is 1.75. The number of hydrogen-bond donors (Lipinski definition) is 2. The monoisotopic (exact) mass is 308 g/mol. The minimum atomic E-state index is 0.280. The molecule has 0 atom stereocenters. The first kappa shape index (κ1) is 15.1. The second-order valence-electron chi connectivity index (χ2n) is 4.21. The Morgan fingerprint density at radius 3 is 3.00 bits per heavy atom. The number of benzene rings is 1. The summed E-state index contributed by atoms with van der Waals surface area (Å²) in [5.74, 6) is 1.64. The van der Waals surface area contributed by atoms with Gasteiger partial charge in [-0.1, -0.05) is 11.6 Å². The predicted molar refractivity (Wildman–Crippen MR) is 82.6 cm³/mol. The quantitative estimate of drug-likeness (QED) is 0.650. The Labute approximate surface area is 127 Å². The molecule has 7 nitrogen and oxygen atoms in total. The number of anilines is 1. The van der Waals surface area contributed by atoms with Crippen molar-refractivity contribution in [1.29, 1.82) is 0 Å². The largest absolute Gasteiger partial charge is 0.495 e. The Balaban J connectivity index is 2.02. The number of aromatic nitrogens is 3. The van der Waals surface area contributed by atoms with Crippen LogP contribution in [0.25, 0.3) is 0 Å². The summed E-state index contributed by atoms with van der Waals surface area (Å²) in [6.07, 6.45) is 1.66. The summed E-state index contributed by atoms with van der Waals surface area (Å²) in [4.78, 5) is 4.23. The van der Waals surface area contributed by atoms with Gasteiger partial charge in [-0.2, -0.15) is 0 Å². The summed E-state index contributed by atoms with van der Waals surface area (Å²) in [7, 11) is 1.56.